The molecule has 3 N–H and O–H groups in total. The summed E-state index contributed by atoms with van der Waals surface area (Å²) < 4.78 is 0. The molecule has 1 aliphatic rings. The number of anilines is 1. The first-order valence-corrected chi connectivity index (χ1v) is 7.35. The highest BCUT2D eigenvalue weighted by Crippen LogP contribution is 2.28. The molecule has 1 aliphatic heterocycles. The molecule has 1 atom stereocenters. The lowest BCUT2D eigenvalue weighted by Gasteiger charge is -2.25. The van der Waals surface area contributed by atoms with Gasteiger partial charge < -0.3 is 20.5 Å². The van der Waals surface area contributed by atoms with Crippen molar-refractivity contribution in [3.63, 3.8) is 0 Å². The Bertz CT molecular complexity index is 685. The molecule has 8 heteroatoms. The molecule has 8 nitrogen and oxygen atoms in total. The predicted molar refractivity (Wildman–Crippen MR) is 83.3 cm³/mol. The highest BCUT2D eigenvalue weighted by Gasteiger charge is 2.35. The summed E-state index contributed by atoms with van der Waals surface area (Å²) in [5.41, 5.74) is 7.18. The summed E-state index contributed by atoms with van der Waals surface area (Å²) >= 11 is 0. The SMILES string of the molecule is CN(CC(=O)N1CCC(C)(CN)C1)c1ncnc2nc[nH]c12. The van der Waals surface area contributed by atoms with Crippen molar-refractivity contribution in [3.05, 3.63) is 12.7 Å². The Morgan fingerprint density at radius 1 is 1.50 bits per heavy atom. The summed E-state index contributed by atoms with van der Waals surface area (Å²) in [6.45, 7) is 4.49. The van der Waals surface area contributed by atoms with Crippen LogP contribution in [0.5, 0.6) is 0 Å². The fraction of sp³-hybridized carbons (Fsp3) is 0.571. The maximum Gasteiger partial charge on any atom is 0.242 e. The van der Waals surface area contributed by atoms with Crippen molar-refractivity contribution in [2.24, 2.45) is 11.1 Å². The zero-order chi connectivity index (χ0) is 15.7. The molecule has 0 radical (unpaired) electrons. The van der Waals surface area contributed by atoms with E-state index in [1.807, 2.05) is 16.8 Å². The molecule has 1 fully saturated rings. The van der Waals surface area contributed by atoms with Crippen molar-refractivity contribution >= 4 is 22.9 Å². The van der Waals surface area contributed by atoms with Gasteiger partial charge in [-0.3, -0.25) is 4.79 Å². The van der Waals surface area contributed by atoms with Gasteiger partial charge in [0.1, 0.15) is 11.8 Å². The Morgan fingerprint density at radius 2 is 2.32 bits per heavy atom. The van der Waals surface area contributed by atoms with E-state index in [2.05, 4.69) is 26.9 Å². The first-order chi connectivity index (χ1) is 10.5. The van der Waals surface area contributed by atoms with Crippen LogP contribution in [0, 0.1) is 5.41 Å². The standard InChI is InChI=1S/C14H21N7O/c1-14(6-15)3-4-21(7-14)10(22)5-20(2)13-11-12(17-8-16-11)18-9-19-13/h8-9H,3-7,15H2,1-2H3,(H,16,17,18,19). The van der Waals surface area contributed by atoms with Crippen LogP contribution in [0.1, 0.15) is 13.3 Å². The van der Waals surface area contributed by atoms with E-state index in [-0.39, 0.29) is 17.9 Å². The number of hydrogen-bond donors (Lipinski definition) is 2. The van der Waals surface area contributed by atoms with Gasteiger partial charge in [-0.05, 0) is 18.4 Å². The van der Waals surface area contributed by atoms with Crippen molar-refractivity contribution in [2.75, 3.05) is 38.1 Å². The third kappa shape index (κ3) is 2.61. The van der Waals surface area contributed by atoms with Crippen LogP contribution >= 0.6 is 0 Å². The molecule has 0 saturated carbocycles. The highest BCUT2D eigenvalue weighted by molar-refractivity contribution is 5.87. The summed E-state index contributed by atoms with van der Waals surface area (Å²) in [4.78, 5) is 31.6. The zero-order valence-electron chi connectivity index (χ0n) is 12.9. The molecule has 2 aromatic rings. The molecule has 0 aromatic carbocycles. The van der Waals surface area contributed by atoms with Crippen molar-refractivity contribution in [1.29, 1.82) is 0 Å². The van der Waals surface area contributed by atoms with Crippen LogP contribution in [0.25, 0.3) is 11.2 Å². The Morgan fingerprint density at radius 3 is 3.05 bits per heavy atom. The number of rotatable bonds is 4. The van der Waals surface area contributed by atoms with Crippen LogP contribution in [-0.2, 0) is 4.79 Å². The van der Waals surface area contributed by atoms with E-state index in [1.165, 1.54) is 6.33 Å². The van der Waals surface area contributed by atoms with Crippen LogP contribution in [0.2, 0.25) is 0 Å². The second kappa shape index (κ2) is 5.53. The van der Waals surface area contributed by atoms with E-state index < -0.39 is 0 Å². The van der Waals surface area contributed by atoms with Gasteiger partial charge in [-0.2, -0.15) is 0 Å². The lowest BCUT2D eigenvalue weighted by molar-refractivity contribution is -0.129. The minimum atomic E-state index is 0.0415. The number of aromatic amines is 1. The van der Waals surface area contributed by atoms with Gasteiger partial charge in [0, 0.05) is 20.1 Å². The topological polar surface area (TPSA) is 104 Å². The van der Waals surface area contributed by atoms with E-state index >= 15 is 0 Å². The number of nitrogens with one attached hydrogen (secondary N) is 1. The third-order valence-corrected chi connectivity index (χ3v) is 4.34. The second-order valence-electron chi connectivity index (χ2n) is 6.23. The minimum Gasteiger partial charge on any atom is -0.348 e. The number of hydrogen-bond acceptors (Lipinski definition) is 6. The predicted octanol–water partition coefficient (Wildman–Crippen LogP) is -0.0136. The number of fused-ring (bicyclic) bond motifs is 1. The molecule has 3 heterocycles. The molecule has 0 spiro atoms. The van der Waals surface area contributed by atoms with Crippen molar-refractivity contribution < 1.29 is 4.79 Å². The molecule has 1 saturated heterocycles. The van der Waals surface area contributed by atoms with Crippen LogP contribution in [0.15, 0.2) is 12.7 Å². The molecule has 1 amide bonds. The Balaban J connectivity index is 1.71. The molecule has 0 aliphatic carbocycles. The summed E-state index contributed by atoms with van der Waals surface area (Å²) in [5.74, 6) is 0.766. The van der Waals surface area contributed by atoms with Crippen molar-refractivity contribution in [3.8, 4) is 0 Å². The fourth-order valence-corrected chi connectivity index (χ4v) is 2.82. The highest BCUT2D eigenvalue weighted by atomic mass is 16.2. The lowest BCUT2D eigenvalue weighted by atomic mass is 9.90. The zero-order valence-corrected chi connectivity index (χ0v) is 12.9. The molecule has 118 valence electrons. The first kappa shape index (κ1) is 14.7. The number of carbonyl (C=O) groups is 1. The van der Waals surface area contributed by atoms with E-state index in [1.54, 1.807) is 6.33 Å². The van der Waals surface area contributed by atoms with E-state index in [0.29, 0.717) is 18.0 Å². The quantitative estimate of drug-likeness (QED) is 0.823. The van der Waals surface area contributed by atoms with E-state index in [0.717, 1.165) is 25.0 Å². The molecular weight excluding hydrogens is 282 g/mol. The van der Waals surface area contributed by atoms with Crippen LogP contribution in [0.4, 0.5) is 5.82 Å². The second-order valence-corrected chi connectivity index (χ2v) is 6.23. The number of nitrogens with two attached hydrogens (primary N) is 1. The Kier molecular flexibility index (Phi) is 3.69. The Hall–Kier alpha value is -2.22. The molecule has 2 aromatic heterocycles. The monoisotopic (exact) mass is 303 g/mol. The maximum atomic E-state index is 12.5. The number of carbonyl (C=O) groups excluding carboxylic acids is 1. The lowest BCUT2D eigenvalue weighted by Crippen LogP contribution is -2.40. The molecule has 22 heavy (non-hydrogen) atoms. The Labute approximate surface area is 128 Å². The minimum absolute atomic E-state index is 0.0415. The van der Waals surface area contributed by atoms with Gasteiger partial charge in [0.25, 0.3) is 0 Å². The van der Waals surface area contributed by atoms with Gasteiger partial charge in [0.05, 0.1) is 12.9 Å². The van der Waals surface area contributed by atoms with Gasteiger partial charge >= 0.3 is 0 Å². The number of likely N-dealkylation sites (N-methyl/N-ethyl adjacent to an activating group) is 1. The number of likely N-dealkylation sites (tertiary alicyclic amines) is 1. The average Bonchev–Trinajstić information content (AvgIpc) is 3.13. The van der Waals surface area contributed by atoms with Crippen molar-refractivity contribution in [2.45, 2.75) is 13.3 Å². The first-order valence-electron chi connectivity index (χ1n) is 7.35. The number of amides is 1. The smallest absolute Gasteiger partial charge is 0.242 e. The van der Waals surface area contributed by atoms with Gasteiger partial charge in [-0.25, -0.2) is 15.0 Å². The molecule has 0 bridgehead atoms. The van der Waals surface area contributed by atoms with Crippen molar-refractivity contribution in [1.82, 2.24) is 24.8 Å². The number of nitrogens with zero attached hydrogens (tertiary/aromatic N) is 5. The number of imidazole rings is 1. The van der Waals surface area contributed by atoms with E-state index in [4.69, 9.17) is 5.73 Å². The molecular formula is C14H21N7O. The molecule has 3 rings (SSSR count). The summed E-state index contributed by atoms with van der Waals surface area (Å²) in [6.07, 6.45) is 3.99. The maximum absolute atomic E-state index is 12.5. The van der Waals surface area contributed by atoms with Crippen LogP contribution < -0.4 is 10.6 Å². The largest absolute Gasteiger partial charge is 0.348 e. The van der Waals surface area contributed by atoms with Gasteiger partial charge in [-0.1, -0.05) is 6.92 Å². The number of aromatic nitrogens is 4. The fourth-order valence-electron chi connectivity index (χ4n) is 2.82. The van der Waals surface area contributed by atoms with Crippen LogP contribution in [-0.4, -0.2) is 64.0 Å². The number of H-pyrrole nitrogens is 1. The van der Waals surface area contributed by atoms with E-state index in [9.17, 15) is 4.79 Å². The third-order valence-electron chi connectivity index (χ3n) is 4.34. The summed E-state index contributed by atoms with van der Waals surface area (Å²) in [5, 5.41) is 0. The normalized spacial score (nSPS) is 21.5. The summed E-state index contributed by atoms with van der Waals surface area (Å²) in [7, 11) is 1.85. The molecule has 1 unspecified atom stereocenters. The van der Waals surface area contributed by atoms with Gasteiger partial charge in [-0.15, -0.1) is 0 Å². The average molecular weight is 303 g/mol. The van der Waals surface area contributed by atoms with Crippen LogP contribution in [0.3, 0.4) is 0 Å². The van der Waals surface area contributed by atoms with Gasteiger partial charge in [0.2, 0.25) is 5.91 Å². The summed E-state index contributed by atoms with van der Waals surface area (Å²) in [6, 6.07) is 0. The van der Waals surface area contributed by atoms with Gasteiger partial charge in [0.15, 0.2) is 11.5 Å².